The summed E-state index contributed by atoms with van der Waals surface area (Å²) in [6, 6.07) is 16.0. The number of pyridine rings is 2. The van der Waals surface area contributed by atoms with Crippen LogP contribution in [0.15, 0.2) is 60.9 Å². The molecule has 0 aliphatic rings. The van der Waals surface area contributed by atoms with Crippen molar-refractivity contribution in [2.45, 2.75) is 0 Å². The standard InChI is InChI=1S/C15H13N3.2ClH.Fe/c1-18-14(12-6-2-4-10-16-12)8-9-15(18)13-7-3-5-11-17-13;;;/h2-11H,1H3;2*1H;/q;;;+2/p-2. The molecular weight excluding hydrogens is 349 g/mol. The van der Waals surface area contributed by atoms with E-state index >= 15 is 0 Å². The van der Waals surface area contributed by atoms with E-state index in [1.54, 1.807) is 0 Å². The average Bonchev–Trinajstić information content (AvgIpc) is 2.91. The van der Waals surface area contributed by atoms with Crippen LogP contribution in [0.25, 0.3) is 22.8 Å². The summed E-state index contributed by atoms with van der Waals surface area (Å²) in [5.41, 5.74) is 4.14. The topological polar surface area (TPSA) is 30.7 Å². The number of hydrogen-bond acceptors (Lipinski definition) is 2. The summed E-state index contributed by atoms with van der Waals surface area (Å²) in [5.74, 6) is 0. The Labute approximate surface area is 138 Å². The molecule has 0 bridgehead atoms. The van der Waals surface area contributed by atoms with Gasteiger partial charge in [0.15, 0.2) is 0 Å². The maximum atomic E-state index is 4.76. The fraction of sp³-hybridized carbons (Fsp3) is 0.0667. The van der Waals surface area contributed by atoms with Gasteiger partial charge in [0.1, 0.15) is 0 Å². The van der Waals surface area contributed by atoms with Crippen LogP contribution in [0.1, 0.15) is 0 Å². The summed E-state index contributed by atoms with van der Waals surface area (Å²) in [6.07, 6.45) is 3.62. The molecular formula is C15H13Cl2FeN3. The van der Waals surface area contributed by atoms with E-state index in [1.807, 2.05) is 55.8 Å². The minimum atomic E-state index is 0.194. The third-order valence-corrected chi connectivity index (χ3v) is 2.98. The Morgan fingerprint density at radius 3 is 1.57 bits per heavy atom. The zero-order chi connectivity index (χ0) is 15.1. The van der Waals surface area contributed by atoms with Crippen molar-refractivity contribution in [2.24, 2.45) is 7.05 Å². The number of halogens is 2. The molecule has 0 unspecified atom stereocenters. The van der Waals surface area contributed by atoms with Gasteiger partial charge in [-0.3, -0.25) is 9.97 Å². The van der Waals surface area contributed by atoms with Crippen LogP contribution in [0.3, 0.4) is 0 Å². The average molecular weight is 362 g/mol. The number of hydrogen-bond donors (Lipinski definition) is 0. The molecule has 3 nitrogen and oxygen atoms in total. The monoisotopic (exact) mass is 361 g/mol. The summed E-state index contributed by atoms with van der Waals surface area (Å²) in [7, 11) is 11.6. The number of nitrogens with zero attached hydrogens (tertiary/aromatic N) is 3. The molecule has 0 aliphatic heterocycles. The van der Waals surface area contributed by atoms with Crippen molar-refractivity contribution in [2.75, 3.05) is 0 Å². The van der Waals surface area contributed by atoms with Gasteiger partial charge in [-0.15, -0.1) is 0 Å². The molecule has 0 spiro atoms. The van der Waals surface area contributed by atoms with Crippen molar-refractivity contribution in [3.8, 4) is 22.8 Å². The number of aromatic nitrogens is 3. The predicted octanol–water partition coefficient (Wildman–Crippen LogP) is 4.53. The Hall–Kier alpha value is -1.32. The second-order valence-corrected chi connectivity index (χ2v) is 5.97. The molecule has 0 aromatic carbocycles. The normalized spacial score (nSPS) is 10.0. The first-order valence-corrected chi connectivity index (χ1v) is 9.15. The molecule has 0 N–H and O–H groups in total. The van der Waals surface area contributed by atoms with Crippen molar-refractivity contribution in [1.29, 1.82) is 0 Å². The van der Waals surface area contributed by atoms with Gasteiger partial charge in [-0.25, -0.2) is 0 Å². The molecule has 0 aliphatic carbocycles. The van der Waals surface area contributed by atoms with Crippen LogP contribution >= 0.6 is 20.2 Å². The minimum absolute atomic E-state index is 0.194. The Morgan fingerprint density at radius 1 is 0.810 bits per heavy atom. The molecule has 6 heteroatoms. The van der Waals surface area contributed by atoms with Gasteiger partial charge in [-0.1, -0.05) is 12.1 Å². The second kappa shape index (κ2) is 8.20. The van der Waals surface area contributed by atoms with Crippen molar-refractivity contribution >= 4 is 20.2 Å². The summed E-state index contributed by atoms with van der Waals surface area (Å²) < 4.78 is 2.12. The van der Waals surface area contributed by atoms with Crippen molar-refractivity contribution in [3.05, 3.63) is 60.9 Å². The van der Waals surface area contributed by atoms with E-state index in [1.165, 1.54) is 0 Å². The van der Waals surface area contributed by atoms with Gasteiger partial charge in [-0.2, -0.15) is 0 Å². The van der Waals surface area contributed by atoms with Gasteiger partial charge in [0.2, 0.25) is 0 Å². The SMILES string of the molecule is Cn1c(-c2ccccn2)ccc1-c1ccccn1.[Cl][Fe][Cl]. The molecule has 0 radical (unpaired) electrons. The van der Waals surface area contributed by atoms with Crippen molar-refractivity contribution < 1.29 is 13.1 Å². The molecule has 0 atom stereocenters. The van der Waals surface area contributed by atoms with Gasteiger partial charge in [0.25, 0.3) is 0 Å². The summed E-state index contributed by atoms with van der Waals surface area (Å²) >= 11 is 0.194. The van der Waals surface area contributed by atoms with Crippen LogP contribution in [0.4, 0.5) is 0 Å². The van der Waals surface area contributed by atoms with Crippen molar-refractivity contribution in [1.82, 2.24) is 14.5 Å². The molecule has 0 fully saturated rings. The van der Waals surface area contributed by atoms with E-state index in [0.29, 0.717) is 0 Å². The van der Waals surface area contributed by atoms with E-state index in [-0.39, 0.29) is 13.1 Å². The molecule has 3 aromatic heterocycles. The van der Waals surface area contributed by atoms with Crippen LogP contribution in [-0.4, -0.2) is 14.5 Å². The van der Waals surface area contributed by atoms with Crippen LogP contribution in [0.2, 0.25) is 0 Å². The summed E-state index contributed by atoms with van der Waals surface area (Å²) in [6.45, 7) is 0. The Kier molecular flexibility index (Phi) is 6.27. The quantitative estimate of drug-likeness (QED) is 0.628. The van der Waals surface area contributed by atoms with Gasteiger partial charge in [0, 0.05) is 19.4 Å². The van der Waals surface area contributed by atoms with E-state index in [4.69, 9.17) is 20.2 Å². The maximum absolute atomic E-state index is 4.76. The zero-order valence-electron chi connectivity index (χ0n) is 11.2. The Bertz CT molecular complexity index is 615. The molecule has 110 valence electrons. The Balaban J connectivity index is 0.000000497. The van der Waals surface area contributed by atoms with E-state index in [2.05, 4.69) is 26.7 Å². The van der Waals surface area contributed by atoms with E-state index in [0.717, 1.165) is 22.8 Å². The first-order chi connectivity index (χ1) is 10.3. The number of rotatable bonds is 2. The van der Waals surface area contributed by atoms with Crippen LogP contribution in [-0.2, 0) is 20.2 Å². The third kappa shape index (κ3) is 4.08. The zero-order valence-corrected chi connectivity index (χ0v) is 13.8. The van der Waals surface area contributed by atoms with E-state index < -0.39 is 0 Å². The van der Waals surface area contributed by atoms with Gasteiger partial charge < -0.3 is 4.57 Å². The predicted molar refractivity (Wildman–Crippen MR) is 83.6 cm³/mol. The molecule has 0 amide bonds. The molecule has 0 saturated carbocycles. The summed E-state index contributed by atoms with van der Waals surface area (Å²) in [5, 5.41) is 0. The first kappa shape index (κ1) is 16.1. The second-order valence-electron chi connectivity index (χ2n) is 4.14. The van der Waals surface area contributed by atoms with Crippen molar-refractivity contribution in [3.63, 3.8) is 0 Å². The molecule has 0 saturated heterocycles. The van der Waals surface area contributed by atoms with Gasteiger partial charge in [-0.05, 0) is 36.4 Å². The Morgan fingerprint density at radius 2 is 1.24 bits per heavy atom. The van der Waals surface area contributed by atoms with Crippen LogP contribution in [0, 0.1) is 0 Å². The van der Waals surface area contributed by atoms with Crippen LogP contribution in [0.5, 0.6) is 0 Å². The molecule has 3 rings (SSSR count). The molecule has 3 aromatic rings. The first-order valence-electron chi connectivity index (χ1n) is 6.11. The molecule has 3 heterocycles. The van der Waals surface area contributed by atoms with E-state index in [9.17, 15) is 0 Å². The summed E-state index contributed by atoms with van der Waals surface area (Å²) in [4.78, 5) is 8.75. The van der Waals surface area contributed by atoms with Crippen LogP contribution < -0.4 is 0 Å². The fourth-order valence-electron chi connectivity index (χ4n) is 2.05. The molecule has 21 heavy (non-hydrogen) atoms. The van der Waals surface area contributed by atoms with Gasteiger partial charge >= 0.3 is 33.3 Å². The fourth-order valence-corrected chi connectivity index (χ4v) is 2.05. The third-order valence-electron chi connectivity index (χ3n) is 2.98. The van der Waals surface area contributed by atoms with Gasteiger partial charge in [0.05, 0.1) is 22.8 Å².